The normalized spacial score (nSPS) is 11.3. The molecule has 3 aromatic rings. The lowest BCUT2D eigenvalue weighted by molar-refractivity contribution is -0.136. The first-order chi connectivity index (χ1) is 14.8. The number of anilines is 2. The Balaban J connectivity index is 2.11. The van der Waals surface area contributed by atoms with Crippen LogP contribution < -0.4 is 5.32 Å². The number of benzene rings is 2. The molecule has 0 aliphatic heterocycles. The van der Waals surface area contributed by atoms with Gasteiger partial charge in [-0.15, -0.1) is 0 Å². The average Bonchev–Trinajstić information content (AvgIpc) is 2.73. The van der Waals surface area contributed by atoms with Gasteiger partial charge in [0.1, 0.15) is 5.56 Å². The van der Waals surface area contributed by atoms with Gasteiger partial charge in [0, 0.05) is 17.3 Å². The quantitative estimate of drug-likeness (QED) is 0.529. The summed E-state index contributed by atoms with van der Waals surface area (Å²) < 4.78 is 50.3. The number of ether oxygens (including phenoxy) is 2. The van der Waals surface area contributed by atoms with Gasteiger partial charge in [-0.25, -0.2) is 9.59 Å². The van der Waals surface area contributed by atoms with E-state index in [-0.39, 0.29) is 35.4 Å². The van der Waals surface area contributed by atoms with Gasteiger partial charge in [-0.2, -0.15) is 13.2 Å². The van der Waals surface area contributed by atoms with Crippen LogP contribution in [0.4, 0.5) is 24.5 Å². The van der Waals surface area contributed by atoms with E-state index in [1.165, 1.54) is 24.3 Å². The number of rotatable bonds is 6. The van der Waals surface area contributed by atoms with Crippen molar-refractivity contribution in [2.75, 3.05) is 18.5 Å². The number of halogens is 3. The Morgan fingerprint density at radius 1 is 0.968 bits per heavy atom. The molecule has 1 aromatic heterocycles. The maximum atomic E-state index is 13.4. The van der Waals surface area contributed by atoms with Gasteiger partial charge in [0.15, 0.2) is 0 Å². The van der Waals surface area contributed by atoms with Gasteiger partial charge in [0.2, 0.25) is 0 Å². The molecule has 0 saturated carbocycles. The number of para-hydroxylation sites is 1. The Labute approximate surface area is 176 Å². The minimum absolute atomic E-state index is 0.0110. The van der Waals surface area contributed by atoms with E-state index < -0.39 is 23.7 Å². The molecule has 31 heavy (non-hydrogen) atoms. The molecule has 0 bridgehead atoms. The van der Waals surface area contributed by atoms with E-state index in [2.05, 4.69) is 10.3 Å². The second-order valence-electron chi connectivity index (χ2n) is 6.39. The fourth-order valence-electron chi connectivity index (χ4n) is 3.00. The van der Waals surface area contributed by atoms with Crippen LogP contribution in [0.3, 0.4) is 0 Å². The van der Waals surface area contributed by atoms with Crippen LogP contribution in [0.5, 0.6) is 0 Å². The SMILES string of the molecule is CCOC(=O)c1ccc(Nc2c(C(=O)OCC)cnc3c(C(F)(F)F)cccc23)cc1. The second kappa shape index (κ2) is 9.03. The summed E-state index contributed by atoms with van der Waals surface area (Å²) in [5.74, 6) is -1.22. The molecule has 9 heteroatoms. The Hall–Kier alpha value is -3.62. The van der Waals surface area contributed by atoms with Crippen molar-refractivity contribution in [2.45, 2.75) is 20.0 Å². The van der Waals surface area contributed by atoms with Gasteiger partial charge in [-0.1, -0.05) is 12.1 Å². The van der Waals surface area contributed by atoms with Crippen LogP contribution in [-0.2, 0) is 15.7 Å². The van der Waals surface area contributed by atoms with Crippen molar-refractivity contribution in [2.24, 2.45) is 0 Å². The topological polar surface area (TPSA) is 77.5 Å². The van der Waals surface area contributed by atoms with Crippen molar-refractivity contribution in [1.82, 2.24) is 4.98 Å². The van der Waals surface area contributed by atoms with Crippen LogP contribution in [0.2, 0.25) is 0 Å². The number of pyridine rings is 1. The summed E-state index contributed by atoms with van der Waals surface area (Å²) in [5.41, 5.74) is -0.336. The highest BCUT2D eigenvalue weighted by Crippen LogP contribution is 2.38. The lowest BCUT2D eigenvalue weighted by Gasteiger charge is -2.16. The third-order valence-corrected chi connectivity index (χ3v) is 4.36. The van der Waals surface area contributed by atoms with Crippen molar-refractivity contribution in [3.63, 3.8) is 0 Å². The van der Waals surface area contributed by atoms with Gasteiger partial charge in [-0.05, 0) is 44.2 Å². The van der Waals surface area contributed by atoms with E-state index in [9.17, 15) is 22.8 Å². The highest BCUT2D eigenvalue weighted by atomic mass is 19.4. The van der Waals surface area contributed by atoms with Gasteiger partial charge < -0.3 is 14.8 Å². The molecule has 1 heterocycles. The molecule has 0 radical (unpaired) electrons. The van der Waals surface area contributed by atoms with E-state index >= 15 is 0 Å². The molecule has 0 spiro atoms. The first kappa shape index (κ1) is 22.1. The van der Waals surface area contributed by atoms with E-state index in [1.807, 2.05) is 0 Å². The number of aromatic nitrogens is 1. The summed E-state index contributed by atoms with van der Waals surface area (Å²) in [6.45, 7) is 3.63. The molecule has 0 saturated heterocycles. The van der Waals surface area contributed by atoms with Crippen molar-refractivity contribution in [3.8, 4) is 0 Å². The number of carbonyl (C=O) groups is 2. The Kier molecular flexibility index (Phi) is 6.43. The van der Waals surface area contributed by atoms with Gasteiger partial charge in [0.25, 0.3) is 0 Å². The highest BCUT2D eigenvalue weighted by Gasteiger charge is 2.34. The van der Waals surface area contributed by atoms with Gasteiger partial charge in [0.05, 0.1) is 35.5 Å². The van der Waals surface area contributed by atoms with Crippen molar-refractivity contribution >= 4 is 34.2 Å². The van der Waals surface area contributed by atoms with Gasteiger partial charge in [-0.3, -0.25) is 4.98 Å². The predicted octanol–water partition coefficient (Wildman–Crippen LogP) is 5.35. The summed E-state index contributed by atoms with van der Waals surface area (Å²) in [7, 11) is 0. The van der Waals surface area contributed by atoms with E-state index in [0.717, 1.165) is 12.3 Å². The number of carbonyl (C=O) groups excluding carboxylic acids is 2. The predicted molar refractivity (Wildman–Crippen MR) is 108 cm³/mol. The third-order valence-electron chi connectivity index (χ3n) is 4.36. The van der Waals surface area contributed by atoms with Gasteiger partial charge >= 0.3 is 18.1 Å². The number of fused-ring (bicyclic) bond motifs is 1. The van der Waals surface area contributed by atoms with Crippen LogP contribution in [0.1, 0.15) is 40.1 Å². The zero-order chi connectivity index (χ0) is 22.6. The zero-order valence-corrected chi connectivity index (χ0v) is 16.7. The molecular weight excluding hydrogens is 413 g/mol. The molecule has 0 aliphatic carbocycles. The lowest BCUT2D eigenvalue weighted by Crippen LogP contribution is -2.11. The number of hydrogen-bond donors (Lipinski definition) is 1. The second-order valence-corrected chi connectivity index (χ2v) is 6.39. The Bertz CT molecular complexity index is 1110. The molecular formula is C22H19F3N2O4. The standard InChI is InChI=1S/C22H19F3N2O4/c1-3-30-20(28)13-8-10-14(11-9-13)27-18-15-6-5-7-17(22(23,24)25)19(15)26-12-16(18)21(29)31-4-2/h5-12H,3-4H2,1-2H3,(H,26,27). The number of nitrogens with zero attached hydrogens (tertiary/aromatic N) is 1. The number of esters is 2. The summed E-state index contributed by atoms with van der Waals surface area (Å²) in [5, 5.41) is 3.08. The van der Waals surface area contributed by atoms with Crippen LogP contribution in [-0.4, -0.2) is 30.1 Å². The maximum Gasteiger partial charge on any atom is 0.418 e. The van der Waals surface area contributed by atoms with Crippen LogP contribution in [0, 0.1) is 0 Å². The summed E-state index contributed by atoms with van der Waals surface area (Å²) in [6, 6.07) is 9.75. The van der Waals surface area contributed by atoms with Crippen molar-refractivity contribution in [3.05, 3.63) is 65.4 Å². The Morgan fingerprint density at radius 3 is 2.23 bits per heavy atom. The van der Waals surface area contributed by atoms with Crippen LogP contribution in [0.25, 0.3) is 10.9 Å². The molecule has 2 aromatic carbocycles. The first-order valence-electron chi connectivity index (χ1n) is 9.46. The zero-order valence-electron chi connectivity index (χ0n) is 16.7. The van der Waals surface area contributed by atoms with Crippen LogP contribution in [0.15, 0.2) is 48.7 Å². The van der Waals surface area contributed by atoms with Crippen molar-refractivity contribution in [1.29, 1.82) is 0 Å². The van der Waals surface area contributed by atoms with Crippen molar-refractivity contribution < 1.29 is 32.2 Å². The number of hydrogen-bond acceptors (Lipinski definition) is 6. The summed E-state index contributed by atoms with van der Waals surface area (Å²) >= 11 is 0. The Morgan fingerprint density at radius 2 is 1.61 bits per heavy atom. The molecule has 1 N–H and O–H groups in total. The molecule has 6 nitrogen and oxygen atoms in total. The molecule has 3 rings (SSSR count). The smallest absolute Gasteiger partial charge is 0.418 e. The van der Waals surface area contributed by atoms with E-state index in [0.29, 0.717) is 11.3 Å². The van der Waals surface area contributed by atoms with E-state index in [4.69, 9.17) is 9.47 Å². The minimum Gasteiger partial charge on any atom is -0.462 e. The van der Waals surface area contributed by atoms with Crippen LogP contribution >= 0.6 is 0 Å². The van der Waals surface area contributed by atoms with E-state index in [1.54, 1.807) is 26.0 Å². The monoisotopic (exact) mass is 432 g/mol. The fraction of sp³-hybridized carbons (Fsp3) is 0.227. The molecule has 0 fully saturated rings. The maximum absolute atomic E-state index is 13.4. The summed E-state index contributed by atoms with van der Waals surface area (Å²) in [6.07, 6.45) is -3.55. The molecule has 162 valence electrons. The average molecular weight is 432 g/mol. The first-order valence-corrected chi connectivity index (χ1v) is 9.46. The summed E-state index contributed by atoms with van der Waals surface area (Å²) in [4.78, 5) is 28.1. The molecule has 0 unspecified atom stereocenters. The third kappa shape index (κ3) is 4.76. The lowest BCUT2D eigenvalue weighted by atomic mass is 10.0. The molecule has 0 aliphatic rings. The molecule has 0 amide bonds. The largest absolute Gasteiger partial charge is 0.462 e. The minimum atomic E-state index is -4.61. The highest BCUT2D eigenvalue weighted by molar-refractivity contribution is 6.06. The molecule has 0 atom stereocenters. The number of alkyl halides is 3. The fourth-order valence-corrected chi connectivity index (χ4v) is 3.00. The number of nitrogens with one attached hydrogen (secondary N) is 1.